The van der Waals surface area contributed by atoms with Gasteiger partial charge in [-0.05, 0) is 26.8 Å². The van der Waals surface area contributed by atoms with Crippen LogP contribution in [-0.4, -0.2) is 58.9 Å². The normalized spacial score (nSPS) is 16.2. The molecule has 8 heteroatoms. The Kier molecular flexibility index (Phi) is 4.89. The van der Waals surface area contributed by atoms with Gasteiger partial charge in [0.1, 0.15) is 6.61 Å². The van der Waals surface area contributed by atoms with E-state index in [4.69, 9.17) is 4.74 Å². The third kappa shape index (κ3) is 3.38. The molecule has 1 aliphatic rings. The van der Waals surface area contributed by atoms with Gasteiger partial charge in [-0.1, -0.05) is 0 Å². The lowest BCUT2D eigenvalue weighted by Gasteiger charge is -2.31. The van der Waals surface area contributed by atoms with Crippen LogP contribution in [0.25, 0.3) is 0 Å². The Bertz CT molecular complexity index is 543. The number of carbonyl (C=O) groups is 1. The second-order valence-corrected chi connectivity index (χ2v) is 5.18. The number of carbonyl (C=O) groups excluding carboxylic acids is 1. The second-order valence-electron chi connectivity index (χ2n) is 5.18. The number of nitrogens with one attached hydrogen (secondary N) is 2. The summed E-state index contributed by atoms with van der Waals surface area (Å²) in [7, 11) is 1.79. The minimum Gasteiger partial charge on any atom is -0.493 e. The van der Waals surface area contributed by atoms with Crippen molar-refractivity contribution in [1.82, 2.24) is 19.8 Å². The van der Waals surface area contributed by atoms with Crippen LogP contribution in [0.4, 0.5) is 4.79 Å². The molecule has 21 heavy (non-hydrogen) atoms. The summed E-state index contributed by atoms with van der Waals surface area (Å²) in [5.41, 5.74) is 0.161. The molecule has 2 heterocycles. The molecule has 3 N–H and O–H groups in total. The van der Waals surface area contributed by atoms with E-state index in [1.807, 2.05) is 0 Å². The van der Waals surface area contributed by atoms with E-state index < -0.39 is 0 Å². The second kappa shape index (κ2) is 6.66. The standard InChI is InChI=1S/C13H22N4O4/c1-9-11(18)17(12(19)15-9)10-3-6-16(7-4-10)13(20)21-8-5-14-2/h10,14,18H,3-8H2,1-2H3,(H,15,19). The number of nitrogens with zero attached hydrogens (tertiary/aromatic N) is 2. The number of aromatic hydroxyl groups is 1. The summed E-state index contributed by atoms with van der Waals surface area (Å²) in [6, 6.07) is -0.0937. The highest BCUT2D eigenvalue weighted by Crippen LogP contribution is 2.26. The fourth-order valence-corrected chi connectivity index (χ4v) is 2.53. The van der Waals surface area contributed by atoms with Crippen LogP contribution in [0.3, 0.4) is 0 Å². The highest BCUT2D eigenvalue weighted by molar-refractivity contribution is 5.67. The molecule has 0 bridgehead atoms. The van der Waals surface area contributed by atoms with Gasteiger partial charge < -0.3 is 25.0 Å². The van der Waals surface area contributed by atoms with Crippen LogP contribution in [0.5, 0.6) is 5.88 Å². The van der Waals surface area contributed by atoms with E-state index in [1.165, 1.54) is 4.57 Å². The summed E-state index contributed by atoms with van der Waals surface area (Å²) in [5, 5.41) is 12.8. The predicted molar refractivity (Wildman–Crippen MR) is 76.6 cm³/mol. The molecule has 1 aliphatic heterocycles. The number of hydrogen-bond donors (Lipinski definition) is 3. The van der Waals surface area contributed by atoms with Crippen LogP contribution in [0, 0.1) is 6.92 Å². The monoisotopic (exact) mass is 298 g/mol. The summed E-state index contributed by atoms with van der Waals surface area (Å²) in [4.78, 5) is 27.8. The fraction of sp³-hybridized carbons (Fsp3) is 0.692. The zero-order valence-electron chi connectivity index (χ0n) is 12.4. The Hall–Kier alpha value is -1.96. The van der Waals surface area contributed by atoms with E-state index in [1.54, 1.807) is 18.9 Å². The van der Waals surface area contributed by atoms with Crippen LogP contribution in [0.15, 0.2) is 4.79 Å². The molecule has 0 aliphatic carbocycles. The lowest BCUT2D eigenvalue weighted by molar-refractivity contribution is 0.0886. The van der Waals surface area contributed by atoms with Crippen LogP contribution >= 0.6 is 0 Å². The van der Waals surface area contributed by atoms with Crippen molar-refractivity contribution in [3.8, 4) is 5.88 Å². The first-order valence-electron chi connectivity index (χ1n) is 7.11. The Morgan fingerprint density at radius 1 is 1.48 bits per heavy atom. The van der Waals surface area contributed by atoms with Gasteiger partial charge in [-0.2, -0.15) is 0 Å². The number of likely N-dealkylation sites (tertiary alicyclic amines) is 1. The van der Waals surface area contributed by atoms with Crippen molar-refractivity contribution in [1.29, 1.82) is 0 Å². The smallest absolute Gasteiger partial charge is 0.409 e. The van der Waals surface area contributed by atoms with Gasteiger partial charge >= 0.3 is 11.8 Å². The highest BCUT2D eigenvalue weighted by Gasteiger charge is 2.27. The Morgan fingerprint density at radius 3 is 2.67 bits per heavy atom. The molecule has 0 aromatic carbocycles. The van der Waals surface area contributed by atoms with E-state index in [2.05, 4.69) is 10.3 Å². The maximum absolute atomic E-state index is 11.8. The van der Waals surface area contributed by atoms with Crippen LogP contribution in [0.2, 0.25) is 0 Å². The molecular formula is C13H22N4O4. The summed E-state index contributed by atoms with van der Waals surface area (Å²) < 4.78 is 6.49. The zero-order chi connectivity index (χ0) is 15.4. The molecule has 0 spiro atoms. The third-order valence-electron chi connectivity index (χ3n) is 3.74. The van der Waals surface area contributed by atoms with Gasteiger partial charge in [0.2, 0.25) is 5.88 Å². The minimum absolute atomic E-state index is 0.0185. The molecule has 1 saturated heterocycles. The Balaban J connectivity index is 1.91. The molecule has 0 atom stereocenters. The van der Waals surface area contributed by atoms with Crippen LogP contribution < -0.4 is 11.0 Å². The van der Waals surface area contributed by atoms with Crippen molar-refractivity contribution in [2.75, 3.05) is 33.3 Å². The molecule has 0 saturated carbocycles. The Morgan fingerprint density at radius 2 is 2.14 bits per heavy atom. The lowest BCUT2D eigenvalue weighted by Crippen LogP contribution is -2.41. The summed E-state index contributed by atoms with van der Waals surface area (Å²) in [5.74, 6) is -0.0185. The number of aromatic amines is 1. The van der Waals surface area contributed by atoms with Crippen molar-refractivity contribution in [3.05, 3.63) is 16.2 Å². The first kappa shape index (κ1) is 15.4. The number of piperidine rings is 1. The van der Waals surface area contributed by atoms with Crippen molar-refractivity contribution >= 4 is 6.09 Å². The minimum atomic E-state index is -0.328. The summed E-state index contributed by atoms with van der Waals surface area (Å²) in [6.45, 7) is 3.64. The largest absolute Gasteiger partial charge is 0.493 e. The molecule has 8 nitrogen and oxygen atoms in total. The summed E-state index contributed by atoms with van der Waals surface area (Å²) in [6.07, 6.45) is 0.906. The number of aromatic nitrogens is 2. The quantitative estimate of drug-likeness (QED) is 0.689. The van der Waals surface area contributed by atoms with E-state index in [9.17, 15) is 14.7 Å². The van der Waals surface area contributed by atoms with E-state index >= 15 is 0 Å². The van der Waals surface area contributed by atoms with Gasteiger partial charge in [0.05, 0.1) is 5.69 Å². The molecule has 1 amide bonds. The van der Waals surface area contributed by atoms with E-state index in [0.717, 1.165) is 0 Å². The number of ether oxygens (including phenoxy) is 1. The SMILES string of the molecule is CNCCOC(=O)N1CCC(n2c(O)c(C)[nH]c2=O)CC1. The average Bonchev–Trinajstić information content (AvgIpc) is 2.72. The van der Waals surface area contributed by atoms with Crippen molar-refractivity contribution in [3.63, 3.8) is 0 Å². The summed E-state index contributed by atoms with van der Waals surface area (Å²) >= 11 is 0. The van der Waals surface area contributed by atoms with Gasteiger partial charge in [-0.25, -0.2) is 9.59 Å². The molecule has 0 unspecified atom stereocenters. The maximum atomic E-state index is 11.8. The lowest BCUT2D eigenvalue weighted by atomic mass is 10.1. The average molecular weight is 298 g/mol. The maximum Gasteiger partial charge on any atom is 0.409 e. The van der Waals surface area contributed by atoms with Crippen molar-refractivity contribution in [2.24, 2.45) is 0 Å². The first-order valence-corrected chi connectivity index (χ1v) is 7.11. The number of aryl methyl sites for hydroxylation is 1. The van der Waals surface area contributed by atoms with Crippen molar-refractivity contribution in [2.45, 2.75) is 25.8 Å². The first-order chi connectivity index (χ1) is 10.0. The van der Waals surface area contributed by atoms with Gasteiger partial charge in [-0.15, -0.1) is 0 Å². The fourth-order valence-electron chi connectivity index (χ4n) is 2.53. The topological polar surface area (TPSA) is 99.6 Å². The Labute approximate surface area is 122 Å². The van der Waals surface area contributed by atoms with E-state index in [-0.39, 0.29) is 23.7 Å². The number of imidazole rings is 1. The van der Waals surface area contributed by atoms with Gasteiger partial charge in [0.15, 0.2) is 0 Å². The third-order valence-corrected chi connectivity index (χ3v) is 3.74. The number of likely N-dealkylation sites (N-methyl/N-ethyl adjacent to an activating group) is 1. The number of H-pyrrole nitrogens is 1. The van der Waals surface area contributed by atoms with E-state index in [0.29, 0.717) is 44.8 Å². The molecule has 1 aromatic rings. The molecule has 1 aromatic heterocycles. The molecule has 0 radical (unpaired) electrons. The predicted octanol–water partition coefficient (Wildman–Crippen LogP) is 0.183. The zero-order valence-corrected chi connectivity index (χ0v) is 12.4. The van der Waals surface area contributed by atoms with Gasteiger partial charge in [0, 0.05) is 25.7 Å². The number of hydrogen-bond acceptors (Lipinski definition) is 5. The van der Waals surface area contributed by atoms with Gasteiger partial charge in [-0.3, -0.25) is 4.57 Å². The molecular weight excluding hydrogens is 276 g/mol. The van der Waals surface area contributed by atoms with Crippen molar-refractivity contribution < 1.29 is 14.6 Å². The molecule has 2 rings (SSSR count). The highest BCUT2D eigenvalue weighted by atomic mass is 16.6. The molecule has 118 valence electrons. The van der Waals surface area contributed by atoms with Crippen LogP contribution in [0.1, 0.15) is 24.6 Å². The molecule has 1 fully saturated rings. The van der Waals surface area contributed by atoms with Crippen LogP contribution in [-0.2, 0) is 4.74 Å². The van der Waals surface area contributed by atoms with Gasteiger partial charge in [0.25, 0.3) is 0 Å². The number of rotatable bonds is 4. The number of amides is 1.